The van der Waals surface area contributed by atoms with Gasteiger partial charge in [0.15, 0.2) is 0 Å². The first kappa shape index (κ1) is 13.8. The van der Waals surface area contributed by atoms with Gasteiger partial charge in [0, 0.05) is 6.04 Å². The number of carbonyl (C=O) groups excluding carboxylic acids is 1. The van der Waals surface area contributed by atoms with Gasteiger partial charge in [-0.15, -0.1) is 0 Å². The first-order valence-corrected chi connectivity index (χ1v) is 6.50. The zero-order valence-electron chi connectivity index (χ0n) is 10.3. The first-order valence-electron chi connectivity index (χ1n) is 6.12. The summed E-state index contributed by atoms with van der Waals surface area (Å²) in [6.07, 6.45) is 3.40. The predicted molar refractivity (Wildman–Crippen MR) is 72.7 cm³/mol. The molecule has 2 rings (SSSR count). The minimum atomic E-state index is -1.06. The van der Waals surface area contributed by atoms with E-state index in [4.69, 9.17) is 16.7 Å². The van der Waals surface area contributed by atoms with Crippen molar-refractivity contribution in [3.8, 4) is 0 Å². The van der Waals surface area contributed by atoms with Crippen molar-refractivity contribution in [2.24, 2.45) is 0 Å². The fourth-order valence-corrected chi connectivity index (χ4v) is 1.96. The summed E-state index contributed by atoms with van der Waals surface area (Å²) >= 11 is 5.92. The lowest BCUT2D eigenvalue weighted by Gasteiger charge is -2.26. The summed E-state index contributed by atoms with van der Waals surface area (Å²) in [4.78, 5) is 22.6. The molecule has 3 N–H and O–H groups in total. The summed E-state index contributed by atoms with van der Waals surface area (Å²) in [7, 11) is 0. The van der Waals surface area contributed by atoms with Crippen molar-refractivity contribution in [1.82, 2.24) is 5.32 Å². The van der Waals surface area contributed by atoms with Gasteiger partial charge in [-0.3, -0.25) is 4.79 Å². The monoisotopic (exact) mass is 282 g/mol. The van der Waals surface area contributed by atoms with Crippen molar-refractivity contribution in [2.75, 3.05) is 11.9 Å². The lowest BCUT2D eigenvalue weighted by molar-refractivity contribution is -0.115. The maximum atomic E-state index is 11.7. The molecule has 1 saturated carbocycles. The number of halogens is 1. The molecule has 0 spiro atoms. The molecule has 1 aromatic rings. The molecule has 102 valence electrons. The van der Waals surface area contributed by atoms with E-state index in [1.165, 1.54) is 24.6 Å². The minimum Gasteiger partial charge on any atom is -0.478 e. The second-order valence-corrected chi connectivity index (χ2v) is 4.96. The van der Waals surface area contributed by atoms with Gasteiger partial charge in [0.25, 0.3) is 0 Å². The second-order valence-electron chi connectivity index (χ2n) is 4.56. The largest absolute Gasteiger partial charge is 0.478 e. The number of benzene rings is 1. The normalized spacial score (nSPS) is 14.8. The molecule has 1 aliphatic carbocycles. The van der Waals surface area contributed by atoms with Crippen LogP contribution in [0.2, 0.25) is 5.02 Å². The molecule has 1 aromatic carbocycles. The van der Waals surface area contributed by atoms with Crippen LogP contribution in [0.3, 0.4) is 0 Å². The van der Waals surface area contributed by atoms with Gasteiger partial charge in [-0.05, 0) is 31.0 Å². The zero-order valence-corrected chi connectivity index (χ0v) is 11.0. The molecule has 6 heteroatoms. The Hall–Kier alpha value is -1.59. The Bertz CT molecular complexity index is 501. The third kappa shape index (κ3) is 3.68. The van der Waals surface area contributed by atoms with Crippen molar-refractivity contribution >= 4 is 29.2 Å². The molecule has 0 heterocycles. The van der Waals surface area contributed by atoms with Crippen LogP contribution in [0.5, 0.6) is 0 Å². The lowest BCUT2D eigenvalue weighted by Crippen LogP contribution is -2.40. The van der Waals surface area contributed by atoms with Crippen molar-refractivity contribution in [2.45, 2.75) is 25.3 Å². The average molecular weight is 283 g/mol. The van der Waals surface area contributed by atoms with Crippen molar-refractivity contribution < 1.29 is 14.7 Å². The number of rotatable bonds is 5. The lowest BCUT2D eigenvalue weighted by atomic mass is 9.93. The number of hydrogen-bond acceptors (Lipinski definition) is 3. The van der Waals surface area contributed by atoms with E-state index >= 15 is 0 Å². The van der Waals surface area contributed by atoms with Gasteiger partial charge in [-0.2, -0.15) is 0 Å². The summed E-state index contributed by atoms with van der Waals surface area (Å²) in [5.41, 5.74) is 0.411. The molecule has 19 heavy (non-hydrogen) atoms. The first-order chi connectivity index (χ1) is 9.06. The minimum absolute atomic E-state index is 0.0895. The fraction of sp³-hybridized carbons (Fsp3) is 0.385. The molecule has 0 aromatic heterocycles. The molecule has 1 fully saturated rings. The van der Waals surface area contributed by atoms with Crippen LogP contribution in [0.15, 0.2) is 18.2 Å². The summed E-state index contributed by atoms with van der Waals surface area (Å²) in [6.45, 7) is 0.207. The van der Waals surface area contributed by atoms with E-state index in [1.54, 1.807) is 0 Å². The number of carboxylic acids is 1. The summed E-state index contributed by atoms with van der Waals surface area (Å²) in [6, 6.07) is 4.63. The van der Waals surface area contributed by atoms with Gasteiger partial charge >= 0.3 is 5.97 Å². The van der Waals surface area contributed by atoms with Gasteiger partial charge in [-0.1, -0.05) is 18.0 Å². The van der Waals surface area contributed by atoms with Gasteiger partial charge < -0.3 is 15.7 Å². The predicted octanol–water partition coefficient (Wildman–Crippen LogP) is 2.12. The molecule has 0 atom stereocenters. The van der Waals surface area contributed by atoms with Gasteiger partial charge in [0.2, 0.25) is 5.91 Å². The van der Waals surface area contributed by atoms with E-state index < -0.39 is 5.97 Å². The van der Waals surface area contributed by atoms with E-state index in [0.29, 0.717) is 16.8 Å². The molecule has 0 unspecified atom stereocenters. The molecule has 0 aliphatic heterocycles. The SMILES string of the molecule is O=C(CNC1CCC1)Nc1cc(C(=O)O)ccc1Cl. The van der Waals surface area contributed by atoms with Gasteiger partial charge in [0.1, 0.15) is 0 Å². The Morgan fingerprint density at radius 3 is 2.68 bits per heavy atom. The maximum Gasteiger partial charge on any atom is 0.335 e. The molecule has 0 radical (unpaired) electrons. The van der Waals surface area contributed by atoms with Crippen LogP contribution in [0.25, 0.3) is 0 Å². The molecule has 0 saturated heterocycles. The summed E-state index contributed by atoms with van der Waals surface area (Å²) in [5.74, 6) is -1.28. The van der Waals surface area contributed by atoms with E-state index in [9.17, 15) is 9.59 Å². The van der Waals surface area contributed by atoms with Crippen LogP contribution in [0.4, 0.5) is 5.69 Å². The number of nitrogens with one attached hydrogen (secondary N) is 2. The van der Waals surface area contributed by atoms with E-state index in [0.717, 1.165) is 12.8 Å². The third-order valence-electron chi connectivity index (χ3n) is 3.14. The highest BCUT2D eigenvalue weighted by Crippen LogP contribution is 2.23. The van der Waals surface area contributed by atoms with Gasteiger partial charge in [-0.25, -0.2) is 4.79 Å². The van der Waals surface area contributed by atoms with E-state index in [1.807, 2.05) is 0 Å². The van der Waals surface area contributed by atoms with Crippen molar-refractivity contribution in [3.63, 3.8) is 0 Å². The van der Waals surface area contributed by atoms with Crippen LogP contribution in [0.1, 0.15) is 29.6 Å². The van der Waals surface area contributed by atoms with Crippen LogP contribution in [0, 0.1) is 0 Å². The Labute approximate surface area is 116 Å². The van der Waals surface area contributed by atoms with E-state index in [-0.39, 0.29) is 18.0 Å². The smallest absolute Gasteiger partial charge is 0.335 e. The molecular formula is C13H15ClN2O3. The fourth-order valence-electron chi connectivity index (χ4n) is 1.80. The molecule has 1 amide bonds. The van der Waals surface area contributed by atoms with Crippen molar-refractivity contribution in [1.29, 1.82) is 0 Å². The summed E-state index contributed by atoms with van der Waals surface area (Å²) in [5, 5.41) is 14.9. The maximum absolute atomic E-state index is 11.7. The molecule has 5 nitrogen and oxygen atoms in total. The van der Waals surface area contributed by atoms with Gasteiger partial charge in [0.05, 0.1) is 22.8 Å². The Morgan fingerprint density at radius 1 is 1.37 bits per heavy atom. The Balaban J connectivity index is 1.94. The molecule has 0 bridgehead atoms. The third-order valence-corrected chi connectivity index (χ3v) is 3.47. The number of hydrogen-bond donors (Lipinski definition) is 3. The Kier molecular flexibility index (Phi) is 4.39. The zero-order chi connectivity index (χ0) is 13.8. The van der Waals surface area contributed by atoms with Crippen molar-refractivity contribution in [3.05, 3.63) is 28.8 Å². The van der Waals surface area contributed by atoms with E-state index in [2.05, 4.69) is 10.6 Å². The van der Waals surface area contributed by atoms with Crippen LogP contribution < -0.4 is 10.6 Å². The summed E-state index contributed by atoms with van der Waals surface area (Å²) < 4.78 is 0. The number of amides is 1. The standard InChI is InChI=1S/C13H15ClN2O3/c14-10-5-4-8(13(18)19)6-11(10)16-12(17)7-15-9-2-1-3-9/h4-6,9,15H,1-3,7H2,(H,16,17)(H,18,19). The number of carbonyl (C=O) groups is 2. The Morgan fingerprint density at radius 2 is 2.11 bits per heavy atom. The highest BCUT2D eigenvalue weighted by atomic mass is 35.5. The number of aromatic carboxylic acids is 1. The number of anilines is 1. The highest BCUT2D eigenvalue weighted by Gasteiger charge is 2.17. The van der Waals surface area contributed by atoms with Crippen LogP contribution in [-0.4, -0.2) is 29.6 Å². The molecular weight excluding hydrogens is 268 g/mol. The van der Waals surface area contributed by atoms with Crippen LogP contribution >= 0.6 is 11.6 Å². The number of carboxylic acid groups (broad SMARTS) is 1. The quantitative estimate of drug-likeness (QED) is 0.773. The molecule has 1 aliphatic rings. The second kappa shape index (κ2) is 6.04. The average Bonchev–Trinajstić information content (AvgIpc) is 2.29. The topological polar surface area (TPSA) is 78.4 Å². The highest BCUT2D eigenvalue weighted by molar-refractivity contribution is 6.33. The van der Waals surface area contributed by atoms with Crippen LogP contribution in [-0.2, 0) is 4.79 Å².